The third-order valence-corrected chi connectivity index (χ3v) is 12.8. The van der Waals surface area contributed by atoms with Crippen molar-refractivity contribution in [2.45, 2.75) is 187 Å². The molecule has 344 valence electrons. The summed E-state index contributed by atoms with van der Waals surface area (Å²) in [6.07, 6.45) is -14.4. The molecule has 12 unspecified atom stereocenters. The lowest BCUT2D eigenvalue weighted by Gasteiger charge is -2.45. The van der Waals surface area contributed by atoms with Crippen molar-refractivity contribution in [1.29, 1.82) is 0 Å². The number of hydrogen-bond donors (Lipinski definition) is 6. The van der Waals surface area contributed by atoms with Gasteiger partial charge < -0.3 is 68.5 Å². The summed E-state index contributed by atoms with van der Waals surface area (Å²) in [6.45, 7) is 18.8. The van der Waals surface area contributed by atoms with E-state index in [0.717, 1.165) is 0 Å². The molecule has 3 aliphatic heterocycles. The molecular weight excluding hydrogens is 776 g/mol. The van der Waals surface area contributed by atoms with Gasteiger partial charge in [-0.2, -0.15) is 0 Å². The third-order valence-electron chi connectivity index (χ3n) is 12.8. The van der Waals surface area contributed by atoms with Crippen LogP contribution in [0.5, 0.6) is 0 Å². The molecule has 0 aromatic rings. The van der Waals surface area contributed by atoms with Gasteiger partial charge in [-0.25, -0.2) is 4.79 Å². The summed E-state index contributed by atoms with van der Waals surface area (Å²) in [5.74, 6) is -8.62. The van der Waals surface area contributed by atoms with Gasteiger partial charge in [0.25, 0.3) is 0 Å². The molecule has 3 heterocycles. The fourth-order valence-corrected chi connectivity index (χ4v) is 8.90. The molecule has 6 N–H and O–H groups in total. The van der Waals surface area contributed by atoms with Gasteiger partial charge in [0, 0.05) is 38.4 Å². The van der Waals surface area contributed by atoms with Crippen LogP contribution in [0.2, 0.25) is 0 Å². The van der Waals surface area contributed by atoms with Gasteiger partial charge in [0.05, 0.1) is 48.5 Å². The number of carbonyl (C=O) groups is 3. The van der Waals surface area contributed by atoms with Crippen molar-refractivity contribution in [2.24, 2.45) is 41.4 Å². The van der Waals surface area contributed by atoms with Crippen LogP contribution >= 0.6 is 0 Å². The molecule has 0 radical (unpaired) electrons. The topological polar surface area (TPSA) is 246 Å². The second kappa shape index (κ2) is 21.0. The number of ketones is 1. The van der Waals surface area contributed by atoms with Crippen LogP contribution in [0.15, 0.2) is 0 Å². The van der Waals surface area contributed by atoms with Crippen LogP contribution in [0.25, 0.3) is 0 Å². The normalized spacial score (nSPS) is 45.6. The van der Waals surface area contributed by atoms with Gasteiger partial charge >= 0.3 is 11.9 Å². The number of carbonyl (C=O) groups excluding carboxylic acids is 3. The Balaban J connectivity index is 2.14. The quantitative estimate of drug-likeness (QED) is 0.161. The van der Waals surface area contributed by atoms with E-state index in [1.165, 1.54) is 35.0 Å². The minimum absolute atomic E-state index is 0.145. The molecule has 17 nitrogen and oxygen atoms in total. The summed E-state index contributed by atoms with van der Waals surface area (Å²) >= 11 is 0. The van der Waals surface area contributed by atoms with Gasteiger partial charge in [0.2, 0.25) is 0 Å². The molecule has 0 saturated carbocycles. The number of methoxy groups -OCH3 is 2. The maximum atomic E-state index is 14.5. The lowest BCUT2D eigenvalue weighted by molar-refractivity contribution is -0.305. The first-order valence-corrected chi connectivity index (χ1v) is 21.0. The van der Waals surface area contributed by atoms with Crippen LogP contribution in [-0.4, -0.2) is 160 Å². The molecule has 21 atom stereocenters. The smallest absolute Gasteiger partial charge is 0.335 e. The van der Waals surface area contributed by atoms with Gasteiger partial charge in [-0.05, 0) is 52.9 Å². The van der Waals surface area contributed by atoms with Crippen LogP contribution in [0.4, 0.5) is 0 Å². The first kappa shape index (κ1) is 51.5. The molecule has 0 amide bonds. The predicted molar refractivity (Wildman–Crippen MR) is 210 cm³/mol. The summed E-state index contributed by atoms with van der Waals surface area (Å²) in [6, 6.07) is 0. The maximum absolute atomic E-state index is 14.5. The van der Waals surface area contributed by atoms with E-state index in [1.54, 1.807) is 62.3 Å². The monoisotopic (exact) mass is 850 g/mol. The van der Waals surface area contributed by atoms with Crippen LogP contribution < -0.4 is 0 Å². The lowest BCUT2D eigenvalue weighted by atomic mass is 9.74. The van der Waals surface area contributed by atoms with Crippen LogP contribution in [0.3, 0.4) is 0 Å². The fourth-order valence-electron chi connectivity index (χ4n) is 8.90. The van der Waals surface area contributed by atoms with Gasteiger partial charge in [-0.15, -0.1) is 0 Å². The highest BCUT2D eigenvalue weighted by molar-refractivity contribution is 5.89. The largest absolute Gasteiger partial charge is 0.461 e. The van der Waals surface area contributed by atoms with E-state index >= 15 is 0 Å². The molecule has 3 aliphatic rings. The SMILES string of the molecule is COC1C(OCC(C)[C@H]2OC(=O)[C@H](C)[C@@H](OC3CC(C)(O)C(O)C(C)O3)[C@H](C)[C@@H](O)[C@H](C)C[C@](C)(O)C(=O)[C@H](C)C(OC(=O)C(O)C(C)C)[C@H]2C)OC(C)C(O)C1OC. The molecule has 0 aliphatic carbocycles. The zero-order chi connectivity index (χ0) is 45.1. The molecule has 3 rings (SSSR count). The minimum atomic E-state index is -2.04. The number of rotatable bonds is 11. The van der Waals surface area contributed by atoms with Crippen molar-refractivity contribution in [2.75, 3.05) is 20.8 Å². The number of aliphatic hydroxyl groups is 6. The Bertz CT molecular complexity index is 1370. The van der Waals surface area contributed by atoms with E-state index < -0.39 is 150 Å². The van der Waals surface area contributed by atoms with Crippen molar-refractivity contribution >= 4 is 17.7 Å². The summed E-state index contributed by atoms with van der Waals surface area (Å²) in [7, 11) is 2.85. The van der Waals surface area contributed by atoms with E-state index in [4.69, 9.17) is 37.9 Å². The van der Waals surface area contributed by atoms with Crippen molar-refractivity contribution in [1.82, 2.24) is 0 Å². The second-order valence-corrected chi connectivity index (χ2v) is 18.4. The molecule has 59 heavy (non-hydrogen) atoms. The van der Waals surface area contributed by atoms with Crippen LogP contribution in [-0.2, 0) is 52.3 Å². The Labute approximate surface area is 349 Å². The standard InChI is InChI=1S/C42H74O17/c1-18(2)28(43)39(49)59-33-22(6)31(20(4)17-54-40-35(53-14)34(52-13)30(45)25(9)56-40)58-38(48)24(8)32(57-27-16-42(12,51)37(47)26(10)55-27)21(5)29(44)19(3)15-41(11,50)36(46)23(33)7/h18-35,37,40,43-45,47,50-51H,15-17H2,1-14H3/t19-,20?,21-,22+,23-,24-,25?,26?,27?,28?,29+,30?,31-,32+,33?,34?,35?,37?,40?,41+,42?/m1/s1. The van der Waals surface area contributed by atoms with Crippen LogP contribution in [0.1, 0.15) is 95.9 Å². The van der Waals surface area contributed by atoms with Crippen molar-refractivity contribution in [3.05, 3.63) is 0 Å². The zero-order valence-electron chi connectivity index (χ0n) is 37.3. The maximum Gasteiger partial charge on any atom is 0.335 e. The molecule has 0 aromatic heterocycles. The summed E-state index contributed by atoms with van der Waals surface area (Å²) in [5.41, 5.74) is -3.65. The molecule has 3 fully saturated rings. The van der Waals surface area contributed by atoms with Gasteiger partial charge in [0.1, 0.15) is 42.2 Å². The van der Waals surface area contributed by atoms with E-state index in [2.05, 4.69) is 0 Å². The fraction of sp³-hybridized carbons (Fsp3) is 0.929. The first-order valence-electron chi connectivity index (χ1n) is 21.0. The highest BCUT2D eigenvalue weighted by atomic mass is 16.7. The Kier molecular flexibility index (Phi) is 18.3. The summed E-state index contributed by atoms with van der Waals surface area (Å²) < 4.78 is 47.9. The molecule has 3 saturated heterocycles. The molecule has 0 aromatic carbocycles. The highest BCUT2D eigenvalue weighted by Crippen LogP contribution is 2.38. The van der Waals surface area contributed by atoms with Gasteiger partial charge in [-0.1, -0.05) is 48.5 Å². The van der Waals surface area contributed by atoms with E-state index in [9.17, 15) is 45.0 Å². The van der Waals surface area contributed by atoms with Gasteiger partial charge in [0.15, 0.2) is 24.5 Å². The average Bonchev–Trinajstić information content (AvgIpc) is 3.17. The van der Waals surface area contributed by atoms with Crippen LogP contribution in [0, 0.1) is 41.4 Å². The van der Waals surface area contributed by atoms with E-state index in [0.29, 0.717) is 0 Å². The Morgan fingerprint density at radius 3 is 1.93 bits per heavy atom. The van der Waals surface area contributed by atoms with Crippen molar-refractivity contribution < 1.29 is 82.9 Å². The Hall–Kier alpha value is -1.87. The van der Waals surface area contributed by atoms with Crippen molar-refractivity contribution in [3.63, 3.8) is 0 Å². The molecular formula is C42H74O17. The van der Waals surface area contributed by atoms with E-state index in [-0.39, 0.29) is 19.4 Å². The lowest BCUT2D eigenvalue weighted by Crippen LogP contribution is -2.59. The minimum Gasteiger partial charge on any atom is -0.461 e. The number of hydrogen-bond acceptors (Lipinski definition) is 17. The first-order chi connectivity index (χ1) is 27.2. The Morgan fingerprint density at radius 1 is 0.797 bits per heavy atom. The average molecular weight is 851 g/mol. The number of ether oxygens (including phenoxy) is 8. The van der Waals surface area contributed by atoms with Crippen molar-refractivity contribution in [3.8, 4) is 0 Å². The number of Topliss-reactive ketones (excluding diaryl/α,β-unsaturated/α-hetero) is 1. The Morgan fingerprint density at radius 2 is 1.39 bits per heavy atom. The molecule has 0 bridgehead atoms. The third kappa shape index (κ3) is 12.0. The van der Waals surface area contributed by atoms with E-state index in [1.807, 2.05) is 0 Å². The second-order valence-electron chi connectivity index (χ2n) is 18.4. The summed E-state index contributed by atoms with van der Waals surface area (Å²) in [5, 5.41) is 66.5. The number of cyclic esters (lactones) is 1. The number of aliphatic hydroxyl groups excluding tert-OH is 4. The predicted octanol–water partition coefficient (Wildman–Crippen LogP) is 1.51. The van der Waals surface area contributed by atoms with Gasteiger partial charge in [-0.3, -0.25) is 9.59 Å². The summed E-state index contributed by atoms with van der Waals surface area (Å²) in [4.78, 5) is 42.2. The zero-order valence-corrected chi connectivity index (χ0v) is 37.3. The molecule has 17 heteroatoms. The highest BCUT2D eigenvalue weighted by Gasteiger charge is 2.51. The number of esters is 2. The molecule has 0 spiro atoms.